The van der Waals surface area contributed by atoms with Gasteiger partial charge in [0.1, 0.15) is 5.69 Å². The number of rotatable bonds is 4. The van der Waals surface area contributed by atoms with Crippen LogP contribution in [0.4, 0.5) is 11.4 Å². The quantitative estimate of drug-likeness (QED) is 0.298. The highest BCUT2D eigenvalue weighted by Gasteiger charge is 2.14. The second-order valence-corrected chi connectivity index (χ2v) is 4.37. The Morgan fingerprint density at radius 1 is 1.28 bits per heavy atom. The highest BCUT2D eigenvalue weighted by atomic mass is 32.2. The molecule has 1 aromatic heterocycles. The smallest absolute Gasteiger partial charge is 0.292 e. The number of aromatic nitrogens is 2. The number of nitrogens with two attached hydrogens (primary N) is 1. The van der Waals surface area contributed by atoms with E-state index < -0.39 is 4.92 Å². The lowest BCUT2D eigenvalue weighted by Gasteiger charge is -2.04. The van der Waals surface area contributed by atoms with Gasteiger partial charge in [0.25, 0.3) is 5.69 Å². The van der Waals surface area contributed by atoms with Crippen LogP contribution in [-0.2, 0) is 5.75 Å². The summed E-state index contributed by atoms with van der Waals surface area (Å²) in [5, 5.41) is 11.4. The zero-order valence-electron chi connectivity index (χ0n) is 9.31. The number of hydrogen-bond donors (Lipinski definition) is 1. The SMILES string of the molecule is Nc1c(CSc2ncccn2)cccc1[N+](=O)[O-]. The van der Waals surface area contributed by atoms with Gasteiger partial charge < -0.3 is 5.73 Å². The average molecular weight is 262 g/mol. The predicted molar refractivity (Wildman–Crippen MR) is 69.1 cm³/mol. The summed E-state index contributed by atoms with van der Waals surface area (Å²) in [5.74, 6) is 0.498. The molecule has 0 fully saturated rings. The van der Waals surface area contributed by atoms with Gasteiger partial charge in [-0.2, -0.15) is 0 Å². The fourth-order valence-corrected chi connectivity index (χ4v) is 2.19. The third-order valence-electron chi connectivity index (χ3n) is 2.27. The van der Waals surface area contributed by atoms with Crippen molar-refractivity contribution in [3.05, 3.63) is 52.3 Å². The van der Waals surface area contributed by atoms with Crippen molar-refractivity contribution in [1.29, 1.82) is 0 Å². The number of nitrogens with zero attached hydrogens (tertiary/aromatic N) is 3. The van der Waals surface area contributed by atoms with Crippen LogP contribution in [0.2, 0.25) is 0 Å². The van der Waals surface area contributed by atoms with Crippen molar-refractivity contribution < 1.29 is 4.92 Å². The van der Waals surface area contributed by atoms with E-state index in [9.17, 15) is 10.1 Å². The van der Waals surface area contributed by atoms with Gasteiger partial charge in [0.05, 0.1) is 4.92 Å². The average Bonchev–Trinajstić information content (AvgIpc) is 2.38. The van der Waals surface area contributed by atoms with Crippen LogP contribution >= 0.6 is 11.8 Å². The zero-order valence-corrected chi connectivity index (χ0v) is 10.1. The zero-order chi connectivity index (χ0) is 13.0. The van der Waals surface area contributed by atoms with Crippen molar-refractivity contribution >= 4 is 23.1 Å². The molecular formula is C11H10N4O2S. The Balaban J connectivity index is 2.15. The Labute approximate surface area is 107 Å². The van der Waals surface area contributed by atoms with Gasteiger partial charge in [-0.25, -0.2) is 9.97 Å². The lowest BCUT2D eigenvalue weighted by Crippen LogP contribution is -1.99. The number of benzene rings is 1. The summed E-state index contributed by atoms with van der Waals surface area (Å²) in [5.41, 5.74) is 6.59. The van der Waals surface area contributed by atoms with Crippen LogP contribution in [0.25, 0.3) is 0 Å². The minimum Gasteiger partial charge on any atom is -0.393 e. The van der Waals surface area contributed by atoms with Gasteiger partial charge in [0.15, 0.2) is 5.16 Å². The second kappa shape index (κ2) is 5.46. The summed E-state index contributed by atoms with van der Waals surface area (Å²) in [6.07, 6.45) is 3.29. The first kappa shape index (κ1) is 12.3. The number of nitro groups is 1. The third-order valence-corrected chi connectivity index (χ3v) is 3.19. The molecule has 92 valence electrons. The number of anilines is 1. The Hall–Kier alpha value is -2.15. The van der Waals surface area contributed by atoms with Crippen molar-refractivity contribution in [3.63, 3.8) is 0 Å². The van der Waals surface area contributed by atoms with E-state index in [-0.39, 0.29) is 11.4 Å². The van der Waals surface area contributed by atoms with Crippen molar-refractivity contribution in [1.82, 2.24) is 9.97 Å². The number of para-hydroxylation sites is 1. The monoisotopic (exact) mass is 262 g/mol. The van der Waals surface area contributed by atoms with Crippen molar-refractivity contribution in [2.24, 2.45) is 0 Å². The normalized spacial score (nSPS) is 10.2. The molecular weight excluding hydrogens is 252 g/mol. The van der Waals surface area contributed by atoms with Gasteiger partial charge in [-0.3, -0.25) is 10.1 Å². The molecule has 0 aliphatic carbocycles. The third kappa shape index (κ3) is 2.75. The van der Waals surface area contributed by atoms with Crippen molar-refractivity contribution in [3.8, 4) is 0 Å². The molecule has 0 spiro atoms. The largest absolute Gasteiger partial charge is 0.393 e. The summed E-state index contributed by atoms with van der Waals surface area (Å²) in [6, 6.07) is 6.50. The molecule has 6 nitrogen and oxygen atoms in total. The number of hydrogen-bond acceptors (Lipinski definition) is 6. The van der Waals surface area contributed by atoms with Crippen LogP contribution in [0.3, 0.4) is 0 Å². The van der Waals surface area contributed by atoms with E-state index in [4.69, 9.17) is 5.73 Å². The van der Waals surface area contributed by atoms with Gasteiger partial charge in [0, 0.05) is 24.2 Å². The fourth-order valence-electron chi connectivity index (χ4n) is 1.39. The lowest BCUT2D eigenvalue weighted by molar-refractivity contribution is -0.383. The molecule has 2 N–H and O–H groups in total. The maximum Gasteiger partial charge on any atom is 0.292 e. The summed E-state index contributed by atoms with van der Waals surface area (Å²) in [4.78, 5) is 18.4. The van der Waals surface area contributed by atoms with Crippen molar-refractivity contribution in [2.45, 2.75) is 10.9 Å². The first-order valence-corrected chi connectivity index (χ1v) is 6.08. The topological polar surface area (TPSA) is 94.9 Å². The summed E-state index contributed by atoms with van der Waals surface area (Å²) in [7, 11) is 0. The first-order valence-electron chi connectivity index (χ1n) is 5.10. The number of nitro benzene ring substituents is 1. The van der Waals surface area contributed by atoms with E-state index in [1.807, 2.05) is 0 Å². The Bertz CT molecular complexity index is 562. The molecule has 2 aromatic rings. The molecule has 7 heteroatoms. The van der Waals surface area contributed by atoms with Crippen LogP contribution < -0.4 is 5.73 Å². The van der Waals surface area contributed by atoms with Gasteiger partial charge in [-0.05, 0) is 11.6 Å². The molecule has 18 heavy (non-hydrogen) atoms. The molecule has 0 unspecified atom stereocenters. The van der Waals surface area contributed by atoms with Gasteiger partial charge >= 0.3 is 0 Å². The van der Waals surface area contributed by atoms with Crippen molar-refractivity contribution in [2.75, 3.05) is 5.73 Å². The minimum atomic E-state index is -0.484. The van der Waals surface area contributed by atoms with E-state index in [1.54, 1.807) is 30.6 Å². The Kier molecular flexibility index (Phi) is 3.73. The molecule has 0 aliphatic heterocycles. The molecule has 0 radical (unpaired) electrons. The number of thioether (sulfide) groups is 1. The molecule has 0 aliphatic rings. The van der Waals surface area contributed by atoms with Gasteiger partial charge in [-0.1, -0.05) is 23.9 Å². The van der Waals surface area contributed by atoms with Gasteiger partial charge in [0.2, 0.25) is 0 Å². The Morgan fingerprint density at radius 2 is 2.00 bits per heavy atom. The molecule has 0 atom stereocenters. The maximum absolute atomic E-state index is 10.7. The predicted octanol–water partition coefficient (Wildman–Crippen LogP) is 2.26. The maximum atomic E-state index is 10.7. The molecule has 2 rings (SSSR count). The van der Waals surface area contributed by atoms with E-state index in [0.717, 1.165) is 0 Å². The highest BCUT2D eigenvalue weighted by Crippen LogP contribution is 2.29. The summed E-state index contributed by atoms with van der Waals surface area (Å²) >= 11 is 1.38. The van der Waals surface area contributed by atoms with Crippen LogP contribution in [0, 0.1) is 10.1 Å². The first-order chi connectivity index (χ1) is 8.68. The Morgan fingerprint density at radius 3 is 2.67 bits per heavy atom. The molecule has 1 heterocycles. The van der Waals surface area contributed by atoms with E-state index >= 15 is 0 Å². The summed E-state index contributed by atoms with van der Waals surface area (Å²) in [6.45, 7) is 0. The van der Waals surface area contributed by atoms with E-state index in [1.165, 1.54) is 17.8 Å². The van der Waals surface area contributed by atoms with E-state index in [2.05, 4.69) is 9.97 Å². The molecule has 0 amide bonds. The van der Waals surface area contributed by atoms with E-state index in [0.29, 0.717) is 16.5 Å². The lowest BCUT2D eigenvalue weighted by atomic mass is 10.2. The second-order valence-electron chi connectivity index (χ2n) is 3.43. The molecule has 0 saturated heterocycles. The standard InChI is InChI=1S/C11H10N4O2S/c12-10-8(3-1-4-9(10)15(16)17)7-18-11-13-5-2-6-14-11/h1-6H,7,12H2. The fraction of sp³-hybridized carbons (Fsp3) is 0.0909. The molecule has 0 bridgehead atoms. The molecule has 0 saturated carbocycles. The highest BCUT2D eigenvalue weighted by molar-refractivity contribution is 7.98. The molecule has 1 aromatic carbocycles. The number of nitrogen functional groups attached to an aromatic ring is 1. The summed E-state index contributed by atoms with van der Waals surface area (Å²) < 4.78 is 0. The minimum absolute atomic E-state index is 0.0675. The van der Waals surface area contributed by atoms with Gasteiger partial charge in [-0.15, -0.1) is 0 Å². The van der Waals surface area contributed by atoms with Crippen LogP contribution in [0.15, 0.2) is 41.8 Å². The van der Waals surface area contributed by atoms with Crippen LogP contribution in [0.1, 0.15) is 5.56 Å². The van der Waals surface area contributed by atoms with Crippen LogP contribution in [-0.4, -0.2) is 14.9 Å². The van der Waals surface area contributed by atoms with Crippen LogP contribution in [0.5, 0.6) is 0 Å².